The van der Waals surface area contributed by atoms with E-state index in [1.165, 1.54) is 19.3 Å². The monoisotopic (exact) mass is 336 g/mol. The van der Waals surface area contributed by atoms with Gasteiger partial charge in [0, 0.05) is 12.7 Å². The summed E-state index contributed by atoms with van der Waals surface area (Å²) in [5, 5.41) is 23.8. The molecule has 1 heterocycles. The lowest BCUT2D eigenvalue weighted by molar-refractivity contribution is -0.0617. The van der Waals surface area contributed by atoms with E-state index < -0.39 is 11.7 Å². The maximum Gasteiger partial charge on any atom is 0.125 e. The first-order valence-corrected chi connectivity index (χ1v) is 9.36. The summed E-state index contributed by atoms with van der Waals surface area (Å²) in [6.45, 7) is 8.84. The molecule has 1 aromatic heterocycles. The van der Waals surface area contributed by atoms with Gasteiger partial charge < -0.3 is 15.5 Å². The van der Waals surface area contributed by atoms with Crippen molar-refractivity contribution in [3.8, 4) is 0 Å². The zero-order valence-electron chi connectivity index (χ0n) is 15.8. The summed E-state index contributed by atoms with van der Waals surface area (Å²) in [6, 6.07) is 5.58. The number of aliphatic hydroxyl groups excluding tert-OH is 1. The predicted molar refractivity (Wildman–Crippen MR) is 101 cm³/mol. The number of pyridine rings is 1. The van der Waals surface area contributed by atoms with E-state index >= 15 is 0 Å². The Bertz CT molecular complexity index is 435. The SMILES string of the molecule is CC(C)CCCC(C)CCCC(C)(O)C(O)CNc1ccccn1. The Morgan fingerprint density at radius 1 is 1.12 bits per heavy atom. The smallest absolute Gasteiger partial charge is 0.125 e. The lowest BCUT2D eigenvalue weighted by Gasteiger charge is -2.30. The van der Waals surface area contributed by atoms with E-state index in [9.17, 15) is 10.2 Å². The number of hydrogen-bond acceptors (Lipinski definition) is 4. The summed E-state index contributed by atoms with van der Waals surface area (Å²) in [4.78, 5) is 4.16. The third-order valence-corrected chi connectivity index (χ3v) is 4.72. The largest absolute Gasteiger partial charge is 0.388 e. The van der Waals surface area contributed by atoms with Gasteiger partial charge in [-0.3, -0.25) is 0 Å². The number of rotatable bonds is 12. The molecule has 0 aromatic carbocycles. The Balaban J connectivity index is 2.24. The van der Waals surface area contributed by atoms with Crippen LogP contribution in [-0.4, -0.2) is 33.4 Å². The Hall–Kier alpha value is -1.13. The molecule has 0 saturated heterocycles. The van der Waals surface area contributed by atoms with E-state index in [0.29, 0.717) is 24.7 Å². The van der Waals surface area contributed by atoms with Gasteiger partial charge >= 0.3 is 0 Å². The van der Waals surface area contributed by atoms with Gasteiger partial charge in [0.2, 0.25) is 0 Å². The molecule has 138 valence electrons. The third kappa shape index (κ3) is 8.65. The Labute approximate surface area is 147 Å². The molecule has 0 amide bonds. The maximum absolute atomic E-state index is 10.5. The van der Waals surface area contributed by atoms with Crippen LogP contribution >= 0.6 is 0 Å². The van der Waals surface area contributed by atoms with Crippen molar-refractivity contribution in [3.05, 3.63) is 24.4 Å². The van der Waals surface area contributed by atoms with E-state index in [2.05, 4.69) is 31.1 Å². The topological polar surface area (TPSA) is 65.4 Å². The summed E-state index contributed by atoms with van der Waals surface area (Å²) in [5.41, 5.74) is -1.07. The number of aliphatic hydroxyl groups is 2. The van der Waals surface area contributed by atoms with Crippen LogP contribution in [0.2, 0.25) is 0 Å². The molecule has 3 atom stereocenters. The summed E-state index contributed by atoms with van der Waals surface area (Å²) in [6.07, 6.45) is 7.39. The molecule has 4 nitrogen and oxygen atoms in total. The standard InChI is InChI=1S/C20H36N2O2/c1-16(2)9-7-10-17(3)11-8-13-20(4,24)18(23)15-22-19-12-5-6-14-21-19/h5-6,12,14,16-18,23-24H,7-11,13,15H2,1-4H3,(H,21,22). The van der Waals surface area contributed by atoms with E-state index in [1.54, 1.807) is 13.1 Å². The second-order valence-electron chi connectivity index (χ2n) is 7.79. The van der Waals surface area contributed by atoms with Crippen LogP contribution in [0, 0.1) is 11.8 Å². The first kappa shape index (κ1) is 20.9. The molecule has 4 heteroatoms. The lowest BCUT2D eigenvalue weighted by atomic mass is 9.89. The van der Waals surface area contributed by atoms with Crippen LogP contribution in [0.4, 0.5) is 5.82 Å². The molecular weight excluding hydrogens is 300 g/mol. The van der Waals surface area contributed by atoms with Crippen LogP contribution in [0.15, 0.2) is 24.4 Å². The number of nitrogens with zero attached hydrogens (tertiary/aromatic N) is 1. The Morgan fingerprint density at radius 2 is 1.83 bits per heavy atom. The minimum Gasteiger partial charge on any atom is -0.388 e. The van der Waals surface area contributed by atoms with Crippen LogP contribution in [0.3, 0.4) is 0 Å². The second-order valence-corrected chi connectivity index (χ2v) is 7.79. The summed E-state index contributed by atoms with van der Waals surface area (Å²) < 4.78 is 0. The Kier molecular flexibility index (Phi) is 9.30. The molecule has 3 N–H and O–H groups in total. The van der Waals surface area contributed by atoms with Crippen LogP contribution < -0.4 is 5.32 Å². The zero-order valence-corrected chi connectivity index (χ0v) is 15.8. The molecule has 0 fully saturated rings. The quantitative estimate of drug-likeness (QED) is 0.534. The molecule has 1 aromatic rings. The zero-order chi connectivity index (χ0) is 18.0. The number of nitrogens with one attached hydrogen (secondary N) is 1. The fourth-order valence-corrected chi connectivity index (χ4v) is 2.88. The molecule has 0 radical (unpaired) electrons. The molecule has 0 spiro atoms. The van der Waals surface area contributed by atoms with E-state index in [-0.39, 0.29) is 0 Å². The van der Waals surface area contributed by atoms with Crippen molar-refractivity contribution in [2.24, 2.45) is 11.8 Å². The van der Waals surface area contributed by atoms with Gasteiger partial charge in [-0.1, -0.05) is 58.9 Å². The second kappa shape index (κ2) is 10.7. The van der Waals surface area contributed by atoms with Crippen molar-refractivity contribution in [1.29, 1.82) is 0 Å². The highest BCUT2D eigenvalue weighted by Gasteiger charge is 2.29. The van der Waals surface area contributed by atoms with Crippen molar-refractivity contribution in [1.82, 2.24) is 4.98 Å². The lowest BCUT2D eigenvalue weighted by Crippen LogP contribution is -2.43. The van der Waals surface area contributed by atoms with E-state index in [1.807, 2.05) is 18.2 Å². The van der Waals surface area contributed by atoms with Crippen LogP contribution in [0.25, 0.3) is 0 Å². The fourth-order valence-electron chi connectivity index (χ4n) is 2.88. The van der Waals surface area contributed by atoms with Gasteiger partial charge in [0.05, 0.1) is 11.7 Å². The van der Waals surface area contributed by atoms with E-state index in [4.69, 9.17) is 0 Å². The molecule has 0 aliphatic rings. The summed E-state index contributed by atoms with van der Waals surface area (Å²) >= 11 is 0. The van der Waals surface area contributed by atoms with Gasteiger partial charge in [-0.2, -0.15) is 0 Å². The van der Waals surface area contributed by atoms with Gasteiger partial charge in [0.1, 0.15) is 5.82 Å². The molecule has 0 aliphatic heterocycles. The highest BCUT2D eigenvalue weighted by molar-refractivity contribution is 5.33. The number of hydrogen-bond donors (Lipinski definition) is 3. The van der Waals surface area contributed by atoms with Crippen LogP contribution in [0.1, 0.15) is 66.2 Å². The molecule has 0 saturated carbocycles. The summed E-state index contributed by atoms with van der Waals surface area (Å²) in [7, 11) is 0. The van der Waals surface area contributed by atoms with Crippen molar-refractivity contribution >= 4 is 5.82 Å². The number of aromatic nitrogens is 1. The minimum atomic E-state index is -1.07. The van der Waals surface area contributed by atoms with Crippen molar-refractivity contribution in [3.63, 3.8) is 0 Å². The molecule has 0 aliphatic carbocycles. The fraction of sp³-hybridized carbons (Fsp3) is 0.750. The maximum atomic E-state index is 10.5. The highest BCUT2D eigenvalue weighted by atomic mass is 16.3. The van der Waals surface area contributed by atoms with Crippen molar-refractivity contribution < 1.29 is 10.2 Å². The van der Waals surface area contributed by atoms with Gasteiger partial charge in [-0.05, 0) is 37.3 Å². The van der Waals surface area contributed by atoms with Crippen molar-refractivity contribution in [2.75, 3.05) is 11.9 Å². The van der Waals surface area contributed by atoms with Crippen molar-refractivity contribution in [2.45, 2.75) is 77.9 Å². The van der Waals surface area contributed by atoms with Gasteiger partial charge in [-0.15, -0.1) is 0 Å². The average molecular weight is 337 g/mol. The van der Waals surface area contributed by atoms with Crippen LogP contribution in [-0.2, 0) is 0 Å². The predicted octanol–water partition coefficient (Wildman–Crippen LogP) is 4.24. The minimum absolute atomic E-state index is 0.300. The molecule has 24 heavy (non-hydrogen) atoms. The van der Waals surface area contributed by atoms with Crippen LogP contribution in [0.5, 0.6) is 0 Å². The summed E-state index contributed by atoms with van der Waals surface area (Å²) in [5.74, 6) is 2.18. The van der Waals surface area contributed by atoms with Gasteiger partial charge in [0.25, 0.3) is 0 Å². The first-order valence-electron chi connectivity index (χ1n) is 9.36. The Morgan fingerprint density at radius 3 is 2.46 bits per heavy atom. The highest BCUT2D eigenvalue weighted by Crippen LogP contribution is 2.23. The van der Waals surface area contributed by atoms with Gasteiger partial charge in [-0.25, -0.2) is 4.98 Å². The third-order valence-electron chi connectivity index (χ3n) is 4.72. The molecule has 0 bridgehead atoms. The molecular formula is C20H36N2O2. The van der Waals surface area contributed by atoms with E-state index in [0.717, 1.165) is 18.8 Å². The van der Waals surface area contributed by atoms with Gasteiger partial charge in [0.15, 0.2) is 0 Å². The number of anilines is 1. The average Bonchev–Trinajstić information content (AvgIpc) is 2.53. The normalized spacial score (nSPS) is 16.6. The molecule has 3 unspecified atom stereocenters. The molecule has 1 rings (SSSR count). The first-order chi connectivity index (χ1) is 11.3.